The maximum Gasteiger partial charge on any atom is 0.309 e. The molecule has 1 saturated heterocycles. The molecule has 1 aliphatic heterocycles. The van der Waals surface area contributed by atoms with Crippen molar-refractivity contribution in [3.63, 3.8) is 0 Å². The van der Waals surface area contributed by atoms with Crippen LogP contribution in [0.1, 0.15) is 206 Å². The number of allylic oxidation sites excluding steroid dienone is 6. The molecule has 0 aliphatic carbocycles. The third-order valence-electron chi connectivity index (χ3n) is 10.1. The van der Waals surface area contributed by atoms with Gasteiger partial charge in [0, 0.05) is 0 Å². The Hall–Kier alpha value is -1.35. The van der Waals surface area contributed by atoms with E-state index in [0.717, 1.165) is 45.2 Å². The highest BCUT2D eigenvalue weighted by Crippen LogP contribution is 2.22. The molecule has 0 amide bonds. The molecule has 1 heterocycles. The van der Waals surface area contributed by atoms with E-state index in [1.54, 1.807) is 0 Å². The van der Waals surface area contributed by atoms with Crippen LogP contribution in [-0.4, -0.2) is 37.1 Å². The third-order valence-corrected chi connectivity index (χ3v) is 10.1. The lowest BCUT2D eigenvalue weighted by atomic mass is 9.97. The SMILES string of the molecule is CCCCCC=CCC=CCCCCCCCCC(CCCCCCCCC=CCCCCCCCC)OC(=O)C1CCN(C)CC1. The molecular formula is C44H81NO2. The number of rotatable bonds is 33. The summed E-state index contributed by atoms with van der Waals surface area (Å²) in [5.41, 5.74) is 0. The highest BCUT2D eigenvalue weighted by molar-refractivity contribution is 5.72. The molecule has 0 saturated carbocycles. The van der Waals surface area contributed by atoms with Crippen LogP contribution in [0.3, 0.4) is 0 Å². The minimum atomic E-state index is 0.0905. The van der Waals surface area contributed by atoms with E-state index in [1.165, 1.54) is 161 Å². The summed E-state index contributed by atoms with van der Waals surface area (Å²) in [5.74, 6) is 0.206. The number of nitrogens with zero attached hydrogens (tertiary/aromatic N) is 1. The number of esters is 1. The fraction of sp³-hybridized carbons (Fsp3) is 0.841. The molecule has 1 fully saturated rings. The summed E-state index contributed by atoms with van der Waals surface area (Å²) in [4.78, 5) is 15.3. The van der Waals surface area contributed by atoms with E-state index in [9.17, 15) is 4.79 Å². The predicted molar refractivity (Wildman–Crippen MR) is 208 cm³/mol. The van der Waals surface area contributed by atoms with Crippen LogP contribution < -0.4 is 0 Å². The summed E-state index contributed by atoms with van der Waals surface area (Å²) >= 11 is 0. The van der Waals surface area contributed by atoms with E-state index < -0.39 is 0 Å². The number of likely N-dealkylation sites (tertiary alicyclic amines) is 1. The number of carbonyl (C=O) groups is 1. The van der Waals surface area contributed by atoms with Crippen molar-refractivity contribution in [1.82, 2.24) is 4.90 Å². The number of carbonyl (C=O) groups excluding carboxylic acids is 1. The summed E-state index contributed by atoms with van der Waals surface area (Å²) in [6.07, 6.45) is 52.3. The Morgan fingerprint density at radius 1 is 0.553 bits per heavy atom. The molecule has 0 aromatic rings. The number of ether oxygens (including phenoxy) is 1. The fourth-order valence-corrected chi connectivity index (χ4v) is 6.75. The zero-order valence-corrected chi connectivity index (χ0v) is 32.0. The molecule has 0 bridgehead atoms. The fourth-order valence-electron chi connectivity index (χ4n) is 6.75. The second kappa shape index (κ2) is 34.5. The molecule has 3 nitrogen and oxygen atoms in total. The van der Waals surface area contributed by atoms with E-state index in [1.807, 2.05) is 0 Å². The van der Waals surface area contributed by atoms with E-state index >= 15 is 0 Å². The van der Waals surface area contributed by atoms with Gasteiger partial charge in [-0.3, -0.25) is 4.79 Å². The molecule has 0 aromatic heterocycles. The van der Waals surface area contributed by atoms with Gasteiger partial charge in [-0.25, -0.2) is 0 Å². The molecule has 0 N–H and O–H groups in total. The van der Waals surface area contributed by atoms with Gasteiger partial charge in [-0.1, -0.05) is 147 Å². The Balaban J connectivity index is 2.15. The first-order valence-electron chi connectivity index (χ1n) is 21.0. The maximum atomic E-state index is 13.0. The van der Waals surface area contributed by atoms with Gasteiger partial charge in [0.15, 0.2) is 0 Å². The van der Waals surface area contributed by atoms with Crippen molar-refractivity contribution < 1.29 is 9.53 Å². The van der Waals surface area contributed by atoms with Crippen LogP contribution in [0.25, 0.3) is 0 Å². The molecule has 3 heteroatoms. The first kappa shape index (κ1) is 43.7. The van der Waals surface area contributed by atoms with Crippen molar-refractivity contribution >= 4 is 5.97 Å². The summed E-state index contributed by atoms with van der Waals surface area (Å²) in [6.45, 7) is 6.59. The highest BCUT2D eigenvalue weighted by Gasteiger charge is 2.26. The van der Waals surface area contributed by atoms with Crippen LogP contribution in [-0.2, 0) is 9.53 Å². The van der Waals surface area contributed by atoms with Crippen LogP contribution >= 0.6 is 0 Å². The van der Waals surface area contributed by atoms with E-state index in [-0.39, 0.29) is 18.0 Å². The summed E-state index contributed by atoms with van der Waals surface area (Å²) < 4.78 is 6.20. The van der Waals surface area contributed by atoms with Crippen molar-refractivity contribution in [1.29, 1.82) is 0 Å². The second-order valence-corrected chi connectivity index (χ2v) is 14.7. The normalized spacial score (nSPS) is 15.5. The monoisotopic (exact) mass is 656 g/mol. The van der Waals surface area contributed by atoms with E-state index in [2.05, 4.69) is 62.3 Å². The topological polar surface area (TPSA) is 29.5 Å². The number of unbranched alkanes of at least 4 members (excludes halogenated alkanes) is 21. The first-order chi connectivity index (χ1) is 23.2. The average molecular weight is 656 g/mol. The Bertz CT molecular complexity index is 748. The lowest BCUT2D eigenvalue weighted by molar-refractivity contribution is -0.156. The Labute approximate surface area is 294 Å². The van der Waals surface area contributed by atoms with E-state index in [0.29, 0.717) is 0 Å². The van der Waals surface area contributed by atoms with Gasteiger partial charge < -0.3 is 9.64 Å². The number of piperidine rings is 1. The van der Waals surface area contributed by atoms with Crippen LogP contribution in [0.5, 0.6) is 0 Å². The minimum absolute atomic E-state index is 0.0905. The lowest BCUT2D eigenvalue weighted by Gasteiger charge is -2.29. The minimum Gasteiger partial charge on any atom is -0.462 e. The molecule has 0 spiro atoms. The molecule has 0 aromatic carbocycles. The zero-order valence-electron chi connectivity index (χ0n) is 32.0. The molecule has 0 radical (unpaired) electrons. The van der Waals surface area contributed by atoms with Crippen LogP contribution in [0.15, 0.2) is 36.5 Å². The van der Waals surface area contributed by atoms with Gasteiger partial charge in [0.1, 0.15) is 6.10 Å². The van der Waals surface area contributed by atoms with Gasteiger partial charge >= 0.3 is 5.97 Å². The molecule has 1 unspecified atom stereocenters. The second-order valence-electron chi connectivity index (χ2n) is 14.7. The van der Waals surface area contributed by atoms with Gasteiger partial charge in [0.05, 0.1) is 5.92 Å². The molecule has 1 rings (SSSR count). The lowest BCUT2D eigenvalue weighted by Crippen LogP contribution is -2.35. The van der Waals surface area contributed by atoms with Gasteiger partial charge in [-0.15, -0.1) is 0 Å². The smallest absolute Gasteiger partial charge is 0.309 e. The molecule has 1 aliphatic rings. The Morgan fingerprint density at radius 3 is 1.38 bits per heavy atom. The van der Waals surface area contributed by atoms with Gasteiger partial charge in [0.2, 0.25) is 0 Å². The van der Waals surface area contributed by atoms with Crippen molar-refractivity contribution in [3.05, 3.63) is 36.5 Å². The third kappa shape index (κ3) is 29.3. The van der Waals surface area contributed by atoms with Gasteiger partial charge in [0.25, 0.3) is 0 Å². The summed E-state index contributed by atoms with van der Waals surface area (Å²) in [5, 5.41) is 0. The van der Waals surface area contributed by atoms with Crippen LogP contribution in [0, 0.1) is 5.92 Å². The van der Waals surface area contributed by atoms with Crippen LogP contribution in [0.2, 0.25) is 0 Å². The maximum absolute atomic E-state index is 13.0. The molecule has 274 valence electrons. The molecule has 1 atom stereocenters. The average Bonchev–Trinajstić information content (AvgIpc) is 3.08. The summed E-state index contributed by atoms with van der Waals surface area (Å²) in [6, 6.07) is 0. The molecular weight excluding hydrogens is 574 g/mol. The van der Waals surface area contributed by atoms with Crippen molar-refractivity contribution in [2.45, 2.75) is 213 Å². The van der Waals surface area contributed by atoms with Crippen LogP contribution in [0.4, 0.5) is 0 Å². The number of hydrogen-bond acceptors (Lipinski definition) is 3. The van der Waals surface area contributed by atoms with E-state index in [4.69, 9.17) is 4.74 Å². The molecule has 47 heavy (non-hydrogen) atoms. The standard InChI is InChI=1S/C44H81NO2/c1-4-6-8-10-12-14-16-18-20-22-24-26-28-30-32-34-36-43(47-44(46)42-38-40-45(3)41-39-42)37-35-33-31-29-27-25-23-21-19-17-15-13-11-9-7-5-2/h12,14,18-21,42-43H,4-11,13,15-17,22-41H2,1-3H3. The largest absolute Gasteiger partial charge is 0.462 e. The van der Waals surface area contributed by atoms with Gasteiger partial charge in [-0.2, -0.15) is 0 Å². The van der Waals surface area contributed by atoms with Crippen molar-refractivity contribution in [3.8, 4) is 0 Å². The summed E-state index contributed by atoms with van der Waals surface area (Å²) in [7, 11) is 2.16. The zero-order chi connectivity index (χ0) is 33.9. The van der Waals surface area contributed by atoms with Gasteiger partial charge in [-0.05, 0) is 116 Å². The number of hydrogen-bond donors (Lipinski definition) is 0. The quantitative estimate of drug-likeness (QED) is 0.0400. The Morgan fingerprint density at radius 2 is 0.915 bits per heavy atom. The Kier molecular flexibility index (Phi) is 32.1. The predicted octanol–water partition coefficient (Wildman–Crippen LogP) is 13.9. The highest BCUT2D eigenvalue weighted by atomic mass is 16.5. The van der Waals surface area contributed by atoms with Crippen molar-refractivity contribution in [2.24, 2.45) is 5.92 Å². The first-order valence-corrected chi connectivity index (χ1v) is 21.0. The van der Waals surface area contributed by atoms with Crippen molar-refractivity contribution in [2.75, 3.05) is 20.1 Å².